The van der Waals surface area contributed by atoms with Gasteiger partial charge in [0.25, 0.3) is 11.5 Å². The van der Waals surface area contributed by atoms with E-state index in [1.165, 1.54) is 6.26 Å². The number of aromatic nitrogens is 2. The zero-order chi connectivity index (χ0) is 20.4. The van der Waals surface area contributed by atoms with Crippen molar-refractivity contribution in [2.45, 2.75) is 25.9 Å². The lowest BCUT2D eigenvalue weighted by molar-refractivity contribution is -0.155. The number of hydrogen-bond donors (Lipinski definition) is 1. The summed E-state index contributed by atoms with van der Waals surface area (Å²) in [6.07, 6.45) is 1.81. The maximum atomic E-state index is 12.6. The normalized spacial score (nSPS) is 16.0. The number of esters is 1. The lowest BCUT2D eigenvalue weighted by atomic mass is 9.97. The quantitative estimate of drug-likeness (QED) is 0.681. The lowest BCUT2D eigenvalue weighted by Crippen LogP contribution is -2.40. The Kier molecular flexibility index (Phi) is 5.16. The van der Waals surface area contributed by atoms with Gasteiger partial charge >= 0.3 is 5.97 Å². The zero-order valence-corrected chi connectivity index (χ0v) is 16.0. The van der Waals surface area contributed by atoms with Gasteiger partial charge in [-0.3, -0.25) is 14.4 Å². The van der Waals surface area contributed by atoms with Crippen LogP contribution in [-0.4, -0.2) is 39.8 Å². The number of carbonyl (C=O) groups excluding carboxylic acids is 2. The molecule has 1 aliphatic rings. The average molecular weight is 395 g/mol. The van der Waals surface area contributed by atoms with Crippen LogP contribution in [0.2, 0.25) is 0 Å². The van der Waals surface area contributed by atoms with E-state index in [1.807, 2.05) is 0 Å². The molecule has 1 aromatic carbocycles. The van der Waals surface area contributed by atoms with Gasteiger partial charge in [0.15, 0.2) is 17.7 Å². The first-order valence-electron chi connectivity index (χ1n) is 9.55. The molecule has 3 aromatic rings. The Balaban J connectivity index is 1.37. The number of likely N-dealkylation sites (tertiary alicyclic amines) is 1. The van der Waals surface area contributed by atoms with E-state index in [1.54, 1.807) is 48.2 Å². The van der Waals surface area contributed by atoms with Crippen molar-refractivity contribution in [3.8, 4) is 0 Å². The number of aromatic amines is 1. The number of ether oxygens (including phenoxy) is 1. The second kappa shape index (κ2) is 7.90. The molecule has 0 saturated carbocycles. The highest BCUT2D eigenvalue weighted by molar-refractivity contribution is 5.91. The molecule has 1 unspecified atom stereocenters. The van der Waals surface area contributed by atoms with E-state index >= 15 is 0 Å². The molecule has 150 valence electrons. The Hall–Kier alpha value is -3.42. The summed E-state index contributed by atoms with van der Waals surface area (Å²) < 4.78 is 10.7. The minimum Gasteiger partial charge on any atom is -0.459 e. The molecule has 3 heterocycles. The van der Waals surface area contributed by atoms with Crippen molar-refractivity contribution in [3.05, 3.63) is 64.6 Å². The van der Waals surface area contributed by atoms with E-state index in [-0.39, 0.29) is 23.4 Å². The molecule has 4 rings (SSSR count). The van der Waals surface area contributed by atoms with Crippen molar-refractivity contribution in [2.24, 2.45) is 5.92 Å². The molecule has 1 N–H and O–H groups in total. The van der Waals surface area contributed by atoms with Crippen LogP contribution >= 0.6 is 0 Å². The van der Waals surface area contributed by atoms with Gasteiger partial charge < -0.3 is 19.0 Å². The predicted molar refractivity (Wildman–Crippen MR) is 104 cm³/mol. The molecule has 1 atom stereocenters. The fourth-order valence-corrected chi connectivity index (χ4v) is 3.50. The SMILES string of the molecule is CC(OC(=O)C1CCN(C(=O)c2ccco2)CC1)c1nc2ccccc2c(=O)[nH]1. The number of furan rings is 1. The first-order valence-corrected chi connectivity index (χ1v) is 9.55. The van der Waals surface area contributed by atoms with Crippen LogP contribution in [0, 0.1) is 5.92 Å². The highest BCUT2D eigenvalue weighted by atomic mass is 16.5. The van der Waals surface area contributed by atoms with Crippen molar-refractivity contribution in [1.82, 2.24) is 14.9 Å². The number of nitrogens with zero attached hydrogens (tertiary/aromatic N) is 2. The van der Waals surface area contributed by atoms with Crippen LogP contribution in [0.1, 0.15) is 42.2 Å². The van der Waals surface area contributed by atoms with Gasteiger partial charge in [-0.05, 0) is 44.0 Å². The first kappa shape index (κ1) is 18.9. The molecule has 1 fully saturated rings. The second-order valence-corrected chi connectivity index (χ2v) is 7.09. The maximum absolute atomic E-state index is 12.6. The molecule has 8 heteroatoms. The standard InChI is InChI=1S/C21H21N3O5/c1-13(18-22-16-6-3-2-5-15(16)19(25)23-18)29-21(27)14-8-10-24(11-9-14)20(26)17-7-4-12-28-17/h2-7,12-14H,8-11H2,1H3,(H,22,23,25). The van der Waals surface area contributed by atoms with Crippen molar-refractivity contribution >= 4 is 22.8 Å². The van der Waals surface area contributed by atoms with E-state index in [4.69, 9.17) is 9.15 Å². The van der Waals surface area contributed by atoms with Crippen LogP contribution in [0.3, 0.4) is 0 Å². The number of nitrogens with one attached hydrogen (secondary N) is 1. The number of carbonyl (C=O) groups is 2. The fourth-order valence-electron chi connectivity index (χ4n) is 3.50. The third-order valence-corrected chi connectivity index (χ3v) is 5.16. The summed E-state index contributed by atoms with van der Waals surface area (Å²) in [4.78, 5) is 45.9. The third-order valence-electron chi connectivity index (χ3n) is 5.16. The van der Waals surface area contributed by atoms with E-state index in [0.29, 0.717) is 48.4 Å². The molecule has 0 spiro atoms. The van der Waals surface area contributed by atoms with Crippen LogP contribution in [0.25, 0.3) is 10.9 Å². The molecule has 1 saturated heterocycles. The topological polar surface area (TPSA) is 106 Å². The first-order chi connectivity index (χ1) is 14.0. The van der Waals surface area contributed by atoms with Crippen LogP contribution in [0.4, 0.5) is 0 Å². The monoisotopic (exact) mass is 395 g/mol. The number of piperidine rings is 1. The van der Waals surface area contributed by atoms with E-state index in [9.17, 15) is 14.4 Å². The molecule has 0 bridgehead atoms. The van der Waals surface area contributed by atoms with Crippen molar-refractivity contribution < 1.29 is 18.7 Å². The van der Waals surface area contributed by atoms with Crippen LogP contribution in [-0.2, 0) is 9.53 Å². The van der Waals surface area contributed by atoms with Gasteiger partial charge in [0.05, 0.1) is 23.1 Å². The average Bonchev–Trinajstić information content (AvgIpc) is 3.28. The third kappa shape index (κ3) is 3.91. The summed E-state index contributed by atoms with van der Waals surface area (Å²) in [5, 5.41) is 0.489. The molecular weight excluding hydrogens is 374 g/mol. The minimum atomic E-state index is -0.678. The Morgan fingerprint density at radius 2 is 1.97 bits per heavy atom. The number of H-pyrrole nitrogens is 1. The zero-order valence-electron chi connectivity index (χ0n) is 16.0. The van der Waals surface area contributed by atoms with Gasteiger partial charge in [-0.2, -0.15) is 0 Å². The molecular formula is C21H21N3O5. The number of amides is 1. The summed E-state index contributed by atoms with van der Waals surface area (Å²) in [5.74, 6) is -0.213. The predicted octanol–water partition coefficient (Wildman–Crippen LogP) is 2.67. The van der Waals surface area contributed by atoms with E-state index in [0.717, 1.165) is 0 Å². The summed E-state index contributed by atoms with van der Waals surface area (Å²) in [6, 6.07) is 10.3. The van der Waals surface area contributed by atoms with Gasteiger partial charge in [0, 0.05) is 13.1 Å². The lowest BCUT2D eigenvalue weighted by Gasteiger charge is -2.30. The summed E-state index contributed by atoms with van der Waals surface area (Å²) >= 11 is 0. The summed E-state index contributed by atoms with van der Waals surface area (Å²) in [6.45, 7) is 2.60. The van der Waals surface area contributed by atoms with Crippen LogP contribution < -0.4 is 5.56 Å². The van der Waals surface area contributed by atoms with Gasteiger partial charge in [-0.25, -0.2) is 4.98 Å². The molecule has 8 nitrogen and oxygen atoms in total. The molecule has 1 aliphatic heterocycles. The summed E-state index contributed by atoms with van der Waals surface area (Å²) in [7, 11) is 0. The molecule has 29 heavy (non-hydrogen) atoms. The van der Waals surface area contributed by atoms with Gasteiger partial charge in [0.1, 0.15) is 0 Å². The van der Waals surface area contributed by atoms with Crippen LogP contribution in [0.5, 0.6) is 0 Å². The van der Waals surface area contributed by atoms with E-state index < -0.39 is 6.10 Å². The Morgan fingerprint density at radius 3 is 2.69 bits per heavy atom. The number of para-hydroxylation sites is 1. The minimum absolute atomic E-state index is 0.173. The number of fused-ring (bicyclic) bond motifs is 1. The summed E-state index contributed by atoms with van der Waals surface area (Å²) in [5.41, 5.74) is 0.289. The van der Waals surface area contributed by atoms with Crippen molar-refractivity contribution in [3.63, 3.8) is 0 Å². The molecule has 0 radical (unpaired) electrons. The largest absolute Gasteiger partial charge is 0.459 e. The Bertz CT molecular complexity index is 1080. The van der Waals surface area contributed by atoms with Gasteiger partial charge in [0.2, 0.25) is 0 Å². The number of hydrogen-bond acceptors (Lipinski definition) is 6. The molecule has 1 amide bonds. The van der Waals surface area contributed by atoms with Crippen molar-refractivity contribution in [2.75, 3.05) is 13.1 Å². The number of rotatable bonds is 4. The molecule has 0 aliphatic carbocycles. The molecule has 2 aromatic heterocycles. The van der Waals surface area contributed by atoms with Crippen molar-refractivity contribution in [1.29, 1.82) is 0 Å². The smallest absolute Gasteiger partial charge is 0.309 e. The number of benzene rings is 1. The van der Waals surface area contributed by atoms with Gasteiger partial charge in [-0.15, -0.1) is 0 Å². The Morgan fingerprint density at radius 1 is 1.21 bits per heavy atom. The van der Waals surface area contributed by atoms with Crippen LogP contribution in [0.15, 0.2) is 51.9 Å². The van der Waals surface area contributed by atoms with Gasteiger partial charge in [-0.1, -0.05) is 12.1 Å². The highest BCUT2D eigenvalue weighted by Gasteiger charge is 2.31. The fraction of sp³-hybridized carbons (Fsp3) is 0.333. The second-order valence-electron chi connectivity index (χ2n) is 7.09. The highest BCUT2D eigenvalue weighted by Crippen LogP contribution is 2.23. The maximum Gasteiger partial charge on any atom is 0.309 e. The van der Waals surface area contributed by atoms with E-state index in [2.05, 4.69) is 9.97 Å². The Labute approximate surface area is 166 Å².